The third kappa shape index (κ3) is 2.74. The molecule has 0 aliphatic rings. The summed E-state index contributed by atoms with van der Waals surface area (Å²) >= 11 is 0. The van der Waals surface area contributed by atoms with E-state index in [-0.39, 0.29) is 0 Å². The van der Waals surface area contributed by atoms with Gasteiger partial charge in [0.2, 0.25) is 0 Å². The maximum atomic E-state index is 4.30. The molecule has 12 heavy (non-hydrogen) atoms. The summed E-state index contributed by atoms with van der Waals surface area (Å²) in [6.45, 7) is 6.54. The predicted octanol–water partition coefficient (Wildman–Crippen LogP) is 2.38. The van der Waals surface area contributed by atoms with Crippen LogP contribution in [0.3, 0.4) is 0 Å². The lowest BCUT2D eigenvalue weighted by Crippen LogP contribution is -2.02. The summed E-state index contributed by atoms with van der Waals surface area (Å²) in [5, 5.41) is 3.20. The average Bonchev–Trinajstić information content (AvgIpc) is 2.05. The van der Waals surface area contributed by atoms with Gasteiger partial charge in [-0.25, -0.2) is 4.98 Å². The lowest BCUT2D eigenvalue weighted by Gasteiger charge is -2.03. The van der Waals surface area contributed by atoms with Crippen molar-refractivity contribution in [1.82, 2.24) is 4.98 Å². The Kier molecular flexibility index (Phi) is 3.33. The van der Waals surface area contributed by atoms with Crippen molar-refractivity contribution < 1.29 is 0 Å². The molecule has 0 fully saturated rings. The van der Waals surface area contributed by atoms with Crippen LogP contribution in [0.25, 0.3) is 0 Å². The van der Waals surface area contributed by atoms with Crippen molar-refractivity contribution >= 4 is 5.82 Å². The van der Waals surface area contributed by atoms with Gasteiger partial charge in [-0.1, -0.05) is 12.1 Å². The summed E-state index contributed by atoms with van der Waals surface area (Å²) in [6, 6.07) is 5.95. The monoisotopic (exact) mass is 162 g/mol. The quantitative estimate of drug-likeness (QED) is 0.543. The Balaban J connectivity index is 2.46. The highest BCUT2D eigenvalue weighted by atomic mass is 15.0. The van der Waals surface area contributed by atoms with Gasteiger partial charge in [0.05, 0.1) is 0 Å². The van der Waals surface area contributed by atoms with E-state index >= 15 is 0 Å². The lowest BCUT2D eigenvalue weighted by molar-refractivity contribution is 1.04. The van der Waals surface area contributed by atoms with Crippen molar-refractivity contribution in [2.45, 2.75) is 13.3 Å². The molecule has 1 aromatic heterocycles. The van der Waals surface area contributed by atoms with Crippen LogP contribution >= 0.6 is 0 Å². The van der Waals surface area contributed by atoms with Crippen LogP contribution in [-0.2, 0) is 0 Å². The molecule has 0 atom stereocenters. The highest BCUT2D eigenvalue weighted by molar-refractivity contribution is 5.34. The molecule has 0 radical (unpaired) electrons. The largest absolute Gasteiger partial charge is 0.370 e. The van der Waals surface area contributed by atoms with Gasteiger partial charge in [0.25, 0.3) is 0 Å². The molecule has 0 amide bonds. The zero-order valence-corrected chi connectivity index (χ0v) is 7.38. The molecule has 0 aliphatic heterocycles. The molecular formula is C10H14N2. The topological polar surface area (TPSA) is 24.9 Å². The van der Waals surface area contributed by atoms with Crippen molar-refractivity contribution in [2.24, 2.45) is 0 Å². The van der Waals surface area contributed by atoms with Crippen LogP contribution < -0.4 is 5.32 Å². The van der Waals surface area contributed by atoms with E-state index in [4.69, 9.17) is 0 Å². The Bertz CT molecular complexity index is 256. The van der Waals surface area contributed by atoms with Crippen LogP contribution in [0, 0.1) is 6.92 Å². The molecule has 0 aromatic carbocycles. The molecule has 0 spiro atoms. The van der Waals surface area contributed by atoms with Crippen LogP contribution in [-0.4, -0.2) is 11.5 Å². The SMILES string of the molecule is C=CCCNc1cccc(C)n1. The van der Waals surface area contributed by atoms with Crippen LogP contribution in [0.5, 0.6) is 0 Å². The third-order valence-corrected chi connectivity index (χ3v) is 1.54. The first kappa shape index (κ1) is 8.78. The fourth-order valence-electron chi connectivity index (χ4n) is 0.944. The van der Waals surface area contributed by atoms with Gasteiger partial charge in [0.1, 0.15) is 5.82 Å². The third-order valence-electron chi connectivity index (χ3n) is 1.54. The summed E-state index contributed by atoms with van der Waals surface area (Å²) in [6.07, 6.45) is 2.86. The lowest BCUT2D eigenvalue weighted by atomic mass is 10.3. The molecule has 1 N–H and O–H groups in total. The molecule has 1 heterocycles. The highest BCUT2D eigenvalue weighted by Gasteiger charge is 1.90. The number of rotatable bonds is 4. The fraction of sp³-hybridized carbons (Fsp3) is 0.300. The first-order valence-electron chi connectivity index (χ1n) is 4.11. The van der Waals surface area contributed by atoms with E-state index in [1.807, 2.05) is 31.2 Å². The van der Waals surface area contributed by atoms with E-state index in [1.54, 1.807) is 0 Å². The minimum absolute atomic E-state index is 0.903. The number of hydrogen-bond acceptors (Lipinski definition) is 2. The summed E-state index contributed by atoms with van der Waals surface area (Å²) in [5.74, 6) is 0.942. The molecule has 64 valence electrons. The first-order valence-corrected chi connectivity index (χ1v) is 4.11. The van der Waals surface area contributed by atoms with Crippen LogP contribution in [0.4, 0.5) is 5.82 Å². The Morgan fingerprint density at radius 1 is 1.58 bits per heavy atom. The van der Waals surface area contributed by atoms with Crippen molar-refractivity contribution in [2.75, 3.05) is 11.9 Å². The van der Waals surface area contributed by atoms with Crippen LogP contribution in [0.1, 0.15) is 12.1 Å². The van der Waals surface area contributed by atoms with E-state index in [1.165, 1.54) is 0 Å². The highest BCUT2D eigenvalue weighted by Crippen LogP contribution is 2.03. The van der Waals surface area contributed by atoms with Gasteiger partial charge >= 0.3 is 0 Å². The predicted molar refractivity (Wildman–Crippen MR) is 52.3 cm³/mol. The number of nitrogens with zero attached hydrogens (tertiary/aromatic N) is 1. The number of nitrogens with one attached hydrogen (secondary N) is 1. The van der Waals surface area contributed by atoms with E-state index in [9.17, 15) is 0 Å². The summed E-state index contributed by atoms with van der Waals surface area (Å²) in [4.78, 5) is 4.30. The molecule has 0 saturated carbocycles. The van der Waals surface area contributed by atoms with Crippen molar-refractivity contribution in [3.05, 3.63) is 36.5 Å². The molecule has 0 aliphatic carbocycles. The molecule has 2 heteroatoms. The van der Waals surface area contributed by atoms with Gasteiger partial charge < -0.3 is 5.32 Å². The smallest absolute Gasteiger partial charge is 0.126 e. The van der Waals surface area contributed by atoms with Gasteiger partial charge in [0, 0.05) is 12.2 Å². The van der Waals surface area contributed by atoms with E-state index in [0.717, 1.165) is 24.5 Å². The molecule has 1 aromatic rings. The summed E-state index contributed by atoms with van der Waals surface area (Å²) < 4.78 is 0. The Morgan fingerprint density at radius 2 is 2.42 bits per heavy atom. The van der Waals surface area contributed by atoms with Gasteiger partial charge in [-0.15, -0.1) is 6.58 Å². The van der Waals surface area contributed by atoms with E-state index in [0.29, 0.717) is 0 Å². The maximum absolute atomic E-state index is 4.30. The van der Waals surface area contributed by atoms with Crippen molar-refractivity contribution in [3.8, 4) is 0 Å². The Labute approximate surface area is 73.3 Å². The van der Waals surface area contributed by atoms with Gasteiger partial charge in [0.15, 0.2) is 0 Å². The summed E-state index contributed by atoms with van der Waals surface area (Å²) in [5.41, 5.74) is 1.04. The van der Waals surface area contributed by atoms with E-state index in [2.05, 4.69) is 16.9 Å². The molecule has 1 rings (SSSR count). The first-order chi connectivity index (χ1) is 5.83. The minimum atomic E-state index is 0.903. The number of anilines is 1. The number of aromatic nitrogens is 1. The molecule has 0 bridgehead atoms. The maximum Gasteiger partial charge on any atom is 0.126 e. The normalized spacial score (nSPS) is 9.42. The van der Waals surface area contributed by atoms with Crippen LogP contribution in [0.15, 0.2) is 30.9 Å². The second-order valence-corrected chi connectivity index (χ2v) is 2.67. The standard InChI is InChI=1S/C10H14N2/c1-3-4-8-11-10-7-5-6-9(2)12-10/h3,5-7H,1,4,8H2,2H3,(H,11,12). The van der Waals surface area contributed by atoms with Crippen molar-refractivity contribution in [3.63, 3.8) is 0 Å². The second-order valence-electron chi connectivity index (χ2n) is 2.67. The molecule has 0 unspecified atom stereocenters. The number of pyridine rings is 1. The molecule has 0 saturated heterocycles. The minimum Gasteiger partial charge on any atom is -0.370 e. The zero-order valence-electron chi connectivity index (χ0n) is 7.38. The Morgan fingerprint density at radius 3 is 3.08 bits per heavy atom. The van der Waals surface area contributed by atoms with Crippen LogP contribution in [0.2, 0.25) is 0 Å². The molecular weight excluding hydrogens is 148 g/mol. The summed E-state index contributed by atoms with van der Waals surface area (Å²) in [7, 11) is 0. The van der Waals surface area contributed by atoms with Gasteiger partial charge in [-0.3, -0.25) is 0 Å². The second kappa shape index (κ2) is 4.54. The van der Waals surface area contributed by atoms with E-state index < -0.39 is 0 Å². The fourth-order valence-corrected chi connectivity index (χ4v) is 0.944. The number of aryl methyl sites for hydroxylation is 1. The van der Waals surface area contributed by atoms with Gasteiger partial charge in [-0.2, -0.15) is 0 Å². The average molecular weight is 162 g/mol. The van der Waals surface area contributed by atoms with Crippen molar-refractivity contribution in [1.29, 1.82) is 0 Å². The zero-order chi connectivity index (χ0) is 8.81. The Hall–Kier alpha value is -1.31. The molecule has 2 nitrogen and oxygen atoms in total. The van der Waals surface area contributed by atoms with Gasteiger partial charge in [-0.05, 0) is 25.5 Å². The number of hydrogen-bond donors (Lipinski definition) is 1.